The van der Waals surface area contributed by atoms with Gasteiger partial charge in [-0.25, -0.2) is 0 Å². The highest BCUT2D eigenvalue weighted by Crippen LogP contribution is 2.73. The van der Waals surface area contributed by atoms with Crippen LogP contribution in [0.4, 0.5) is 0 Å². The zero-order valence-corrected chi connectivity index (χ0v) is 31.8. The Morgan fingerprint density at radius 3 is 1.82 bits per heavy atom. The maximum Gasteiger partial charge on any atom is 0.314 e. The molecule has 56 heavy (non-hydrogen) atoms. The number of esters is 1. The van der Waals surface area contributed by atoms with Gasteiger partial charge in [0.05, 0.1) is 30.8 Å². The maximum absolute atomic E-state index is 14.1. The molecule has 2 bridgehead atoms. The molecule has 18 nitrogen and oxygen atoms in total. The molecule has 21 atom stereocenters. The summed E-state index contributed by atoms with van der Waals surface area (Å²) in [6, 6.07) is 0. The second-order valence-corrected chi connectivity index (χ2v) is 18.0. The van der Waals surface area contributed by atoms with E-state index in [4.69, 9.17) is 28.4 Å². The number of fused-ring (bicyclic) bond motifs is 3. The molecule has 3 aliphatic heterocycles. The maximum atomic E-state index is 14.1. The summed E-state index contributed by atoms with van der Waals surface area (Å²) in [5.41, 5.74) is -1.80. The van der Waals surface area contributed by atoms with E-state index in [1.165, 1.54) is 0 Å². The second-order valence-electron chi connectivity index (χ2n) is 18.0. The summed E-state index contributed by atoms with van der Waals surface area (Å²) in [4.78, 5) is 14.1. The van der Waals surface area contributed by atoms with Gasteiger partial charge >= 0.3 is 5.97 Å². The van der Waals surface area contributed by atoms with Crippen LogP contribution in [0.3, 0.4) is 0 Å². The van der Waals surface area contributed by atoms with E-state index in [1.54, 1.807) is 0 Å². The van der Waals surface area contributed by atoms with Crippen LogP contribution in [-0.2, 0) is 33.2 Å². The van der Waals surface area contributed by atoms with E-state index in [0.29, 0.717) is 44.9 Å². The molecule has 18 heteroatoms. The topological polar surface area (TPSA) is 295 Å². The Labute approximate surface area is 324 Å². The van der Waals surface area contributed by atoms with Gasteiger partial charge in [0.2, 0.25) is 6.29 Å². The lowest BCUT2D eigenvalue weighted by Gasteiger charge is -2.64. The molecule has 7 rings (SSSR count). The lowest BCUT2D eigenvalue weighted by molar-refractivity contribution is -0.378. The SMILES string of the molecule is C=C1C[C@@]23CC[C@H]4[C@@](C)(CCC[C@@]4(C)C(=O)O[C@@H]4OC(CO)[C@@H](O)[C@H](O)C4O)[C@@H]2CC[C@]1(O[C@@H]1O[C@H](CO)C(O)C(O)[C@H]1O[C@@H]1O[C@@H](CO)[C@@H](O)C(O)C1O)C3. The van der Waals surface area contributed by atoms with E-state index in [0.717, 1.165) is 18.4 Å². The van der Waals surface area contributed by atoms with Crippen molar-refractivity contribution < 1.29 is 89.4 Å². The van der Waals surface area contributed by atoms with Crippen molar-refractivity contribution >= 4 is 5.97 Å². The summed E-state index contributed by atoms with van der Waals surface area (Å²) in [5.74, 6) is -0.591. The van der Waals surface area contributed by atoms with Crippen LogP contribution in [-0.4, -0.2) is 180 Å². The smallest absolute Gasteiger partial charge is 0.314 e. The van der Waals surface area contributed by atoms with Crippen LogP contribution >= 0.6 is 0 Å². The van der Waals surface area contributed by atoms with Gasteiger partial charge in [-0.05, 0) is 86.5 Å². The molecular weight excluding hydrogens is 744 g/mol. The van der Waals surface area contributed by atoms with Crippen molar-refractivity contribution in [2.24, 2.45) is 28.1 Å². The minimum Gasteiger partial charge on any atom is -0.432 e. The Morgan fingerprint density at radius 1 is 0.679 bits per heavy atom. The van der Waals surface area contributed by atoms with Crippen LogP contribution < -0.4 is 0 Å². The molecule has 0 amide bonds. The Balaban J connectivity index is 1.10. The van der Waals surface area contributed by atoms with Gasteiger partial charge in [-0.1, -0.05) is 19.9 Å². The second kappa shape index (κ2) is 15.6. The number of carbonyl (C=O) groups excluding carboxylic acids is 1. The fourth-order valence-corrected chi connectivity index (χ4v) is 12.0. The summed E-state index contributed by atoms with van der Waals surface area (Å²) in [6.07, 6.45) is -17.8. The highest BCUT2D eigenvalue weighted by Gasteiger charge is 2.69. The predicted molar refractivity (Wildman–Crippen MR) is 186 cm³/mol. The van der Waals surface area contributed by atoms with Gasteiger partial charge in [0.25, 0.3) is 0 Å². The minimum atomic E-state index is -1.81. The van der Waals surface area contributed by atoms with E-state index in [1.807, 2.05) is 6.92 Å². The lowest BCUT2D eigenvalue weighted by atomic mass is 9.41. The van der Waals surface area contributed by atoms with E-state index in [-0.39, 0.29) is 22.7 Å². The molecule has 3 heterocycles. The van der Waals surface area contributed by atoms with Crippen LogP contribution in [0.5, 0.6) is 0 Å². The first-order valence-electron chi connectivity index (χ1n) is 19.9. The molecular formula is C38H60O18. The van der Waals surface area contributed by atoms with Crippen LogP contribution in [0.25, 0.3) is 0 Å². The third-order valence-corrected chi connectivity index (χ3v) is 15.0. The van der Waals surface area contributed by atoms with Crippen LogP contribution in [0, 0.1) is 28.1 Å². The number of aliphatic hydroxyl groups excluding tert-OH is 11. The van der Waals surface area contributed by atoms with Gasteiger partial charge in [-0.2, -0.15) is 0 Å². The van der Waals surface area contributed by atoms with Gasteiger partial charge in [-0.15, -0.1) is 0 Å². The molecule has 0 radical (unpaired) electrons. The number of hydrogen-bond acceptors (Lipinski definition) is 18. The van der Waals surface area contributed by atoms with Crippen molar-refractivity contribution in [2.75, 3.05) is 19.8 Å². The van der Waals surface area contributed by atoms with Crippen molar-refractivity contribution in [3.8, 4) is 0 Å². The molecule has 7 fully saturated rings. The van der Waals surface area contributed by atoms with Crippen molar-refractivity contribution in [3.05, 3.63) is 12.2 Å². The minimum absolute atomic E-state index is 0.121. The first-order chi connectivity index (χ1) is 26.4. The molecule has 6 unspecified atom stereocenters. The molecule has 3 saturated heterocycles. The largest absolute Gasteiger partial charge is 0.432 e. The third kappa shape index (κ3) is 6.69. The molecule has 0 aromatic heterocycles. The highest BCUT2D eigenvalue weighted by atomic mass is 16.8. The fraction of sp³-hybridized carbons (Fsp3) is 0.921. The molecule has 7 aliphatic rings. The molecule has 1 spiro atoms. The van der Waals surface area contributed by atoms with Crippen LogP contribution in [0.1, 0.15) is 71.6 Å². The zero-order chi connectivity index (χ0) is 40.7. The summed E-state index contributed by atoms with van der Waals surface area (Å²) in [6.45, 7) is 6.52. The van der Waals surface area contributed by atoms with Gasteiger partial charge in [0.15, 0.2) is 12.6 Å². The van der Waals surface area contributed by atoms with E-state index >= 15 is 0 Å². The number of aliphatic hydroxyl groups is 11. The molecule has 11 N–H and O–H groups in total. The first-order valence-corrected chi connectivity index (χ1v) is 19.9. The zero-order valence-electron chi connectivity index (χ0n) is 31.8. The summed E-state index contributed by atoms with van der Waals surface area (Å²) in [7, 11) is 0. The van der Waals surface area contributed by atoms with Gasteiger partial charge in [0.1, 0.15) is 73.2 Å². The lowest BCUT2D eigenvalue weighted by Crippen LogP contribution is -2.65. The summed E-state index contributed by atoms with van der Waals surface area (Å²) in [5, 5.41) is 114. The molecule has 0 aromatic carbocycles. The van der Waals surface area contributed by atoms with Gasteiger partial charge < -0.3 is 84.6 Å². The average Bonchev–Trinajstić information content (AvgIpc) is 3.37. The Hall–Kier alpha value is -1.43. The summed E-state index contributed by atoms with van der Waals surface area (Å²) < 4.78 is 35.6. The van der Waals surface area contributed by atoms with Crippen molar-refractivity contribution in [3.63, 3.8) is 0 Å². The van der Waals surface area contributed by atoms with E-state index in [9.17, 15) is 61.0 Å². The van der Waals surface area contributed by atoms with Crippen molar-refractivity contribution in [1.82, 2.24) is 0 Å². The Bertz CT molecular complexity index is 1450. The number of ether oxygens (including phenoxy) is 6. The number of hydrogen-bond donors (Lipinski definition) is 11. The fourth-order valence-electron chi connectivity index (χ4n) is 12.0. The first kappa shape index (κ1) is 42.7. The van der Waals surface area contributed by atoms with Crippen LogP contribution in [0.15, 0.2) is 12.2 Å². The van der Waals surface area contributed by atoms with Gasteiger partial charge in [0, 0.05) is 0 Å². The molecule has 0 aromatic rings. The Kier molecular flexibility index (Phi) is 11.9. The molecule has 4 saturated carbocycles. The van der Waals surface area contributed by atoms with Crippen molar-refractivity contribution in [1.29, 1.82) is 0 Å². The van der Waals surface area contributed by atoms with E-state index < -0.39 is 129 Å². The number of rotatable bonds is 9. The summed E-state index contributed by atoms with van der Waals surface area (Å²) >= 11 is 0. The molecule has 320 valence electrons. The van der Waals surface area contributed by atoms with Crippen molar-refractivity contribution in [2.45, 2.75) is 169 Å². The Morgan fingerprint density at radius 2 is 1.21 bits per heavy atom. The quantitative estimate of drug-likeness (QED) is 0.0631. The highest BCUT2D eigenvalue weighted by molar-refractivity contribution is 5.77. The molecule has 4 aliphatic carbocycles. The standard InChI is InChI=1S/C38H60O18/c1-16-11-37-9-5-20-35(2,7-4-8-36(20,3)34(50)55-32-29(49)26(46)23(43)18(13-40)52-32)21(37)6-10-38(16,15-37)56-33-30(27(47)24(44)19(14-41)53-33)54-31-28(48)25(45)22(42)17(12-39)51-31/h17-33,39-49H,1,4-15H2,2-3H3/t17-,18?,19+,20-,21-,22+,23+,24?,25?,26-,27?,28?,29?,30+,31-,32-,33-,35+,36+,37+,38-/m0/s1. The third-order valence-electron chi connectivity index (χ3n) is 15.0. The van der Waals surface area contributed by atoms with Crippen LogP contribution in [0.2, 0.25) is 0 Å². The van der Waals surface area contributed by atoms with Gasteiger partial charge in [-0.3, -0.25) is 4.79 Å². The average molecular weight is 805 g/mol. The normalized spacial score (nSPS) is 54.6. The predicted octanol–water partition coefficient (Wildman–Crippen LogP) is -2.94. The number of carbonyl (C=O) groups is 1. The monoisotopic (exact) mass is 804 g/mol. The van der Waals surface area contributed by atoms with E-state index in [2.05, 4.69) is 13.5 Å².